The van der Waals surface area contributed by atoms with Gasteiger partial charge in [0.1, 0.15) is 5.75 Å². The van der Waals surface area contributed by atoms with Gasteiger partial charge >= 0.3 is 0 Å². The summed E-state index contributed by atoms with van der Waals surface area (Å²) < 4.78 is 5.03. The van der Waals surface area contributed by atoms with Crippen LogP contribution in [0.5, 0.6) is 5.75 Å². The Bertz CT molecular complexity index is 409. The molecule has 0 fully saturated rings. The highest BCUT2D eigenvalue weighted by molar-refractivity contribution is 7.78. The van der Waals surface area contributed by atoms with Gasteiger partial charge in [-0.3, -0.25) is 4.79 Å². The Morgan fingerprint density at radius 1 is 1.57 bits per heavy atom. The normalized spacial score (nSPS) is 9.00. The number of carbonyl (C=O) groups is 1. The molecule has 14 heavy (non-hydrogen) atoms. The molecule has 0 radical (unpaired) electrons. The number of aryl methyl sites for hydroxylation is 1. The third-order valence-electron chi connectivity index (χ3n) is 1.73. The van der Waals surface area contributed by atoms with Crippen molar-refractivity contribution in [3.63, 3.8) is 0 Å². The molecule has 0 aliphatic rings. The zero-order chi connectivity index (χ0) is 10.6. The van der Waals surface area contributed by atoms with Crippen LogP contribution in [-0.4, -0.2) is 18.2 Å². The summed E-state index contributed by atoms with van der Waals surface area (Å²) in [5.41, 5.74) is 1.37. The highest BCUT2D eigenvalue weighted by Crippen LogP contribution is 2.20. The topological polar surface area (TPSA) is 38.7 Å². The molecule has 1 rings (SSSR count). The van der Waals surface area contributed by atoms with Gasteiger partial charge in [0.25, 0.3) is 5.91 Å². The molecule has 0 saturated heterocycles. The standard InChI is InChI=1S/C10H9NO2S/c1-7-3-4-9(13-2)8(5-7)10(12)11-6-14/h3-5H,1-2H3. The molecule has 4 heteroatoms. The van der Waals surface area contributed by atoms with Crippen LogP contribution in [0, 0.1) is 6.92 Å². The highest BCUT2D eigenvalue weighted by Gasteiger charge is 2.10. The van der Waals surface area contributed by atoms with Crippen LogP contribution in [0.4, 0.5) is 0 Å². The second kappa shape index (κ2) is 4.65. The zero-order valence-electron chi connectivity index (χ0n) is 7.90. The average Bonchev–Trinajstić information content (AvgIpc) is 2.18. The molecule has 0 spiro atoms. The van der Waals surface area contributed by atoms with Crippen LogP contribution in [0.3, 0.4) is 0 Å². The second-order valence-corrected chi connectivity index (χ2v) is 2.89. The molecule has 0 aliphatic carbocycles. The van der Waals surface area contributed by atoms with Gasteiger partial charge in [0, 0.05) is 0 Å². The number of thiocarbonyl (C=S) groups is 1. The fourth-order valence-electron chi connectivity index (χ4n) is 1.09. The molecule has 0 aromatic heterocycles. The summed E-state index contributed by atoms with van der Waals surface area (Å²) >= 11 is 4.36. The summed E-state index contributed by atoms with van der Waals surface area (Å²) in [4.78, 5) is 14.8. The summed E-state index contributed by atoms with van der Waals surface area (Å²) in [5, 5.41) is 2.04. The van der Waals surface area contributed by atoms with Gasteiger partial charge in [-0.1, -0.05) is 11.6 Å². The zero-order valence-corrected chi connectivity index (χ0v) is 8.72. The Morgan fingerprint density at radius 3 is 2.86 bits per heavy atom. The van der Waals surface area contributed by atoms with Crippen LogP contribution in [0.1, 0.15) is 15.9 Å². The maximum atomic E-state index is 11.4. The van der Waals surface area contributed by atoms with E-state index in [2.05, 4.69) is 17.2 Å². The van der Waals surface area contributed by atoms with E-state index in [1.54, 1.807) is 12.1 Å². The Labute approximate surface area is 87.4 Å². The van der Waals surface area contributed by atoms with Crippen molar-refractivity contribution in [2.45, 2.75) is 6.92 Å². The summed E-state index contributed by atoms with van der Waals surface area (Å²) in [6, 6.07) is 5.29. The average molecular weight is 207 g/mol. The quantitative estimate of drug-likeness (QED) is 0.551. The number of nitrogens with zero attached hydrogens (tertiary/aromatic N) is 1. The van der Waals surface area contributed by atoms with E-state index in [4.69, 9.17) is 4.74 Å². The lowest BCUT2D eigenvalue weighted by Gasteiger charge is -2.04. The minimum atomic E-state index is -0.430. The smallest absolute Gasteiger partial charge is 0.289 e. The number of ether oxygens (including phenoxy) is 1. The van der Waals surface area contributed by atoms with E-state index in [9.17, 15) is 4.79 Å². The Balaban J connectivity index is 3.23. The van der Waals surface area contributed by atoms with E-state index < -0.39 is 5.91 Å². The van der Waals surface area contributed by atoms with E-state index in [1.807, 2.05) is 18.2 Å². The number of hydrogen-bond acceptors (Lipinski definition) is 3. The lowest BCUT2D eigenvalue weighted by atomic mass is 10.1. The van der Waals surface area contributed by atoms with E-state index in [0.717, 1.165) is 5.56 Å². The summed E-state index contributed by atoms with van der Waals surface area (Å²) in [5.74, 6) is 0.0650. The molecular formula is C10H9NO2S. The summed E-state index contributed by atoms with van der Waals surface area (Å²) in [6.45, 7) is 1.89. The number of aliphatic imine (C=N–C) groups is 1. The third-order valence-corrected chi connectivity index (χ3v) is 1.82. The number of carbonyl (C=O) groups excluding carboxylic acids is 1. The maximum Gasteiger partial charge on any atom is 0.289 e. The predicted molar refractivity (Wildman–Crippen MR) is 57.1 cm³/mol. The lowest BCUT2D eigenvalue weighted by Crippen LogP contribution is -1.99. The highest BCUT2D eigenvalue weighted by atomic mass is 32.1. The van der Waals surface area contributed by atoms with E-state index in [1.165, 1.54) is 7.11 Å². The van der Waals surface area contributed by atoms with Crippen LogP contribution in [0.2, 0.25) is 0 Å². The molecule has 72 valence electrons. The largest absolute Gasteiger partial charge is 0.496 e. The number of hydrogen-bond donors (Lipinski definition) is 0. The lowest BCUT2D eigenvalue weighted by molar-refractivity contribution is 0.100. The first-order chi connectivity index (χ1) is 6.69. The van der Waals surface area contributed by atoms with Crippen molar-refractivity contribution in [3.05, 3.63) is 29.3 Å². The maximum absolute atomic E-state index is 11.4. The van der Waals surface area contributed by atoms with E-state index in [-0.39, 0.29) is 0 Å². The molecule has 1 amide bonds. The molecule has 1 aromatic carbocycles. The van der Waals surface area contributed by atoms with Gasteiger partial charge in [0.05, 0.1) is 17.8 Å². The third kappa shape index (κ3) is 2.25. The number of rotatable bonds is 2. The van der Waals surface area contributed by atoms with Gasteiger partial charge in [-0.05, 0) is 31.3 Å². The number of isothiocyanates is 1. The van der Waals surface area contributed by atoms with Gasteiger partial charge in [0.15, 0.2) is 0 Å². The van der Waals surface area contributed by atoms with Crippen molar-refractivity contribution < 1.29 is 9.53 Å². The second-order valence-electron chi connectivity index (χ2n) is 2.71. The fourth-order valence-corrected chi connectivity index (χ4v) is 1.17. The summed E-state index contributed by atoms with van der Waals surface area (Å²) in [6.07, 6.45) is 0. The molecule has 0 atom stereocenters. The molecule has 0 saturated carbocycles. The molecule has 0 aliphatic heterocycles. The molecule has 0 N–H and O–H groups in total. The van der Waals surface area contributed by atoms with E-state index in [0.29, 0.717) is 11.3 Å². The van der Waals surface area contributed by atoms with Gasteiger partial charge in [0.2, 0.25) is 0 Å². The van der Waals surface area contributed by atoms with Crippen LogP contribution >= 0.6 is 12.2 Å². The van der Waals surface area contributed by atoms with Gasteiger partial charge < -0.3 is 4.74 Å². The van der Waals surface area contributed by atoms with Crippen molar-refractivity contribution in [2.24, 2.45) is 4.99 Å². The monoisotopic (exact) mass is 207 g/mol. The van der Waals surface area contributed by atoms with Crippen molar-refractivity contribution in [1.82, 2.24) is 0 Å². The van der Waals surface area contributed by atoms with Gasteiger partial charge in [-0.15, -0.1) is 0 Å². The van der Waals surface area contributed by atoms with E-state index >= 15 is 0 Å². The van der Waals surface area contributed by atoms with Crippen molar-refractivity contribution >= 4 is 23.3 Å². The minimum Gasteiger partial charge on any atom is -0.496 e. The Kier molecular flexibility index (Phi) is 3.51. The predicted octanol–water partition coefficient (Wildman–Crippen LogP) is 2.25. The molecule has 0 unspecified atom stereocenters. The number of methoxy groups -OCH3 is 1. The molecule has 0 bridgehead atoms. The SMILES string of the molecule is COc1ccc(C)cc1C(=O)N=C=S. The number of amides is 1. The van der Waals surface area contributed by atoms with Crippen LogP contribution < -0.4 is 4.74 Å². The van der Waals surface area contributed by atoms with Crippen LogP contribution in [0.15, 0.2) is 23.2 Å². The first kappa shape index (κ1) is 10.6. The molecule has 3 nitrogen and oxygen atoms in total. The fraction of sp³-hybridized carbons (Fsp3) is 0.200. The van der Waals surface area contributed by atoms with Gasteiger partial charge in [-0.25, -0.2) is 0 Å². The first-order valence-electron chi connectivity index (χ1n) is 3.96. The van der Waals surface area contributed by atoms with Crippen molar-refractivity contribution in [1.29, 1.82) is 0 Å². The Hall–Kier alpha value is -1.51. The summed E-state index contributed by atoms with van der Waals surface area (Å²) in [7, 11) is 1.50. The molecular weight excluding hydrogens is 198 g/mol. The van der Waals surface area contributed by atoms with Gasteiger partial charge in [-0.2, -0.15) is 4.99 Å². The first-order valence-corrected chi connectivity index (χ1v) is 4.36. The molecule has 1 aromatic rings. The van der Waals surface area contributed by atoms with Crippen molar-refractivity contribution in [2.75, 3.05) is 7.11 Å². The number of benzene rings is 1. The molecule has 0 heterocycles. The van der Waals surface area contributed by atoms with Crippen LogP contribution in [0.25, 0.3) is 0 Å². The van der Waals surface area contributed by atoms with Crippen molar-refractivity contribution in [3.8, 4) is 5.75 Å². The Morgan fingerprint density at radius 2 is 2.29 bits per heavy atom. The minimum absolute atomic E-state index is 0.407. The van der Waals surface area contributed by atoms with Crippen LogP contribution in [-0.2, 0) is 0 Å².